The van der Waals surface area contributed by atoms with Gasteiger partial charge in [0.1, 0.15) is 0 Å². The molecular formula is C12H20N2O. The van der Waals surface area contributed by atoms with Gasteiger partial charge in [0.2, 0.25) is 0 Å². The number of hydrogen-bond donors (Lipinski definition) is 1. The smallest absolute Gasteiger partial charge is 0.255 e. The van der Waals surface area contributed by atoms with Crippen molar-refractivity contribution in [2.24, 2.45) is 7.05 Å². The van der Waals surface area contributed by atoms with Crippen molar-refractivity contribution in [3.63, 3.8) is 0 Å². The van der Waals surface area contributed by atoms with Gasteiger partial charge in [-0.25, -0.2) is 0 Å². The minimum Gasteiger partial charge on any atom is -0.316 e. The second kappa shape index (κ2) is 5.12. The van der Waals surface area contributed by atoms with Gasteiger partial charge in [0.05, 0.1) is 0 Å². The Hall–Kier alpha value is -1.09. The molecule has 0 amide bonds. The Morgan fingerprint density at radius 1 is 1.40 bits per heavy atom. The highest BCUT2D eigenvalue weighted by atomic mass is 16.1. The molecule has 1 aromatic heterocycles. The Kier molecular flexibility index (Phi) is 4.09. The molecule has 84 valence electrons. The van der Waals surface area contributed by atoms with Gasteiger partial charge in [0.15, 0.2) is 0 Å². The topological polar surface area (TPSA) is 34.0 Å². The molecule has 0 aromatic carbocycles. The summed E-state index contributed by atoms with van der Waals surface area (Å²) >= 11 is 0. The van der Waals surface area contributed by atoms with Gasteiger partial charge in [-0.2, -0.15) is 0 Å². The molecule has 0 saturated heterocycles. The van der Waals surface area contributed by atoms with Crippen molar-refractivity contribution in [1.29, 1.82) is 0 Å². The summed E-state index contributed by atoms with van der Waals surface area (Å²) < 4.78 is 1.70. The number of aromatic nitrogens is 1. The average Bonchev–Trinajstić information content (AvgIpc) is 2.20. The molecule has 3 heteroatoms. The Morgan fingerprint density at radius 2 is 2.07 bits per heavy atom. The molecule has 0 atom stereocenters. The minimum absolute atomic E-state index is 0.121. The summed E-state index contributed by atoms with van der Waals surface area (Å²) in [5, 5.41) is 3.27. The molecule has 0 bridgehead atoms. The second-order valence-corrected chi connectivity index (χ2v) is 3.99. The van der Waals surface area contributed by atoms with Gasteiger partial charge >= 0.3 is 0 Å². The van der Waals surface area contributed by atoms with Crippen LogP contribution in [0.3, 0.4) is 0 Å². The molecule has 3 nitrogen and oxygen atoms in total. The highest BCUT2D eigenvalue weighted by Gasteiger charge is 2.06. The average molecular weight is 208 g/mol. The van der Waals surface area contributed by atoms with Gasteiger partial charge in [-0.15, -0.1) is 0 Å². The molecule has 1 aromatic rings. The Bertz CT molecular complexity index is 393. The van der Waals surface area contributed by atoms with Crippen LogP contribution in [-0.2, 0) is 13.6 Å². The van der Waals surface area contributed by atoms with E-state index in [-0.39, 0.29) is 5.56 Å². The van der Waals surface area contributed by atoms with E-state index in [0.29, 0.717) is 6.54 Å². The molecular weight excluding hydrogens is 188 g/mol. The van der Waals surface area contributed by atoms with E-state index >= 15 is 0 Å². The predicted molar refractivity (Wildman–Crippen MR) is 63.2 cm³/mol. The molecule has 1 heterocycles. The number of pyridine rings is 1. The molecule has 1 N–H and O–H groups in total. The fraction of sp³-hybridized carbons (Fsp3) is 0.583. The normalized spacial score (nSPS) is 10.7. The maximum Gasteiger partial charge on any atom is 0.255 e. The van der Waals surface area contributed by atoms with E-state index in [9.17, 15) is 4.79 Å². The molecule has 0 aliphatic carbocycles. The summed E-state index contributed by atoms with van der Waals surface area (Å²) in [6.07, 6.45) is 1.09. The second-order valence-electron chi connectivity index (χ2n) is 3.99. The quantitative estimate of drug-likeness (QED) is 0.761. The van der Waals surface area contributed by atoms with E-state index in [1.54, 1.807) is 4.57 Å². The van der Waals surface area contributed by atoms with Crippen LogP contribution in [0.1, 0.15) is 30.2 Å². The third-order valence-corrected chi connectivity index (χ3v) is 2.72. The van der Waals surface area contributed by atoms with Gasteiger partial charge in [0.25, 0.3) is 5.56 Å². The first-order chi connectivity index (χ1) is 7.07. The number of rotatable bonds is 4. The largest absolute Gasteiger partial charge is 0.316 e. The molecule has 0 fully saturated rings. The predicted octanol–water partition coefficient (Wildman–Crippen LogP) is 1.50. The van der Waals surface area contributed by atoms with Gasteiger partial charge in [-0.1, -0.05) is 6.92 Å². The van der Waals surface area contributed by atoms with Crippen molar-refractivity contribution in [2.45, 2.75) is 33.7 Å². The number of hydrogen-bond acceptors (Lipinski definition) is 2. The summed E-state index contributed by atoms with van der Waals surface area (Å²) in [5.74, 6) is 0. The van der Waals surface area contributed by atoms with Gasteiger partial charge < -0.3 is 9.88 Å². The van der Waals surface area contributed by atoms with Crippen molar-refractivity contribution in [1.82, 2.24) is 9.88 Å². The molecule has 0 saturated carbocycles. The van der Waals surface area contributed by atoms with Crippen LogP contribution in [0, 0.1) is 13.8 Å². The first-order valence-corrected chi connectivity index (χ1v) is 5.44. The summed E-state index contributed by atoms with van der Waals surface area (Å²) in [5.41, 5.74) is 3.10. The lowest BCUT2D eigenvalue weighted by atomic mass is 10.1. The number of aryl methyl sites for hydroxylation is 2. The highest BCUT2D eigenvalue weighted by molar-refractivity contribution is 5.25. The van der Waals surface area contributed by atoms with Crippen LogP contribution >= 0.6 is 0 Å². The van der Waals surface area contributed by atoms with Crippen LogP contribution in [0.25, 0.3) is 0 Å². The lowest BCUT2D eigenvalue weighted by Crippen LogP contribution is -2.28. The Labute approximate surface area is 91.1 Å². The van der Waals surface area contributed by atoms with Crippen LogP contribution in [0.2, 0.25) is 0 Å². The lowest BCUT2D eigenvalue weighted by Gasteiger charge is -2.11. The van der Waals surface area contributed by atoms with E-state index in [4.69, 9.17) is 0 Å². The maximum absolute atomic E-state index is 11.9. The summed E-state index contributed by atoms with van der Waals surface area (Å²) in [6, 6.07) is 2.06. The van der Waals surface area contributed by atoms with Gasteiger partial charge in [0, 0.05) is 24.8 Å². The number of nitrogens with one attached hydrogen (secondary N) is 1. The van der Waals surface area contributed by atoms with Crippen LogP contribution in [0.5, 0.6) is 0 Å². The third kappa shape index (κ3) is 2.69. The molecule has 0 unspecified atom stereocenters. The first-order valence-electron chi connectivity index (χ1n) is 5.44. The van der Waals surface area contributed by atoms with E-state index in [2.05, 4.69) is 18.3 Å². The Balaban J connectivity index is 2.97. The SMILES string of the molecule is CCCNCc1c(C)cc(C)n(C)c1=O. The van der Waals surface area contributed by atoms with Gasteiger partial charge in [-0.05, 0) is 38.4 Å². The molecule has 15 heavy (non-hydrogen) atoms. The van der Waals surface area contributed by atoms with Crippen molar-refractivity contribution in [3.05, 3.63) is 33.2 Å². The van der Waals surface area contributed by atoms with Crippen LogP contribution in [-0.4, -0.2) is 11.1 Å². The Morgan fingerprint density at radius 3 is 2.67 bits per heavy atom. The van der Waals surface area contributed by atoms with Crippen LogP contribution in [0.15, 0.2) is 10.9 Å². The zero-order valence-corrected chi connectivity index (χ0v) is 10.1. The molecule has 0 spiro atoms. The van der Waals surface area contributed by atoms with Crippen LogP contribution in [0.4, 0.5) is 0 Å². The summed E-state index contributed by atoms with van der Waals surface area (Å²) in [7, 11) is 1.82. The summed E-state index contributed by atoms with van der Waals surface area (Å²) in [6.45, 7) is 7.70. The summed E-state index contributed by atoms with van der Waals surface area (Å²) in [4.78, 5) is 11.9. The fourth-order valence-corrected chi connectivity index (χ4v) is 1.63. The first kappa shape index (κ1) is 12.0. The monoisotopic (exact) mass is 208 g/mol. The number of nitrogens with zero attached hydrogens (tertiary/aromatic N) is 1. The zero-order chi connectivity index (χ0) is 11.4. The third-order valence-electron chi connectivity index (χ3n) is 2.72. The molecule has 0 aliphatic rings. The van der Waals surface area contributed by atoms with E-state index in [1.807, 2.05) is 20.9 Å². The molecule has 1 rings (SSSR count). The fourth-order valence-electron chi connectivity index (χ4n) is 1.63. The van der Waals surface area contributed by atoms with E-state index in [1.165, 1.54) is 0 Å². The zero-order valence-electron chi connectivity index (χ0n) is 10.1. The van der Waals surface area contributed by atoms with Crippen molar-refractivity contribution in [3.8, 4) is 0 Å². The standard InChI is InChI=1S/C12H20N2O/c1-5-6-13-8-11-9(2)7-10(3)14(4)12(11)15/h7,13H,5-6,8H2,1-4H3. The van der Waals surface area contributed by atoms with Crippen LogP contribution < -0.4 is 10.9 Å². The van der Waals surface area contributed by atoms with Crippen molar-refractivity contribution >= 4 is 0 Å². The lowest BCUT2D eigenvalue weighted by molar-refractivity contribution is 0.658. The van der Waals surface area contributed by atoms with Gasteiger partial charge in [-0.3, -0.25) is 4.79 Å². The maximum atomic E-state index is 11.9. The highest BCUT2D eigenvalue weighted by Crippen LogP contribution is 2.04. The van der Waals surface area contributed by atoms with E-state index < -0.39 is 0 Å². The minimum atomic E-state index is 0.121. The molecule has 0 aliphatic heterocycles. The van der Waals surface area contributed by atoms with Crippen molar-refractivity contribution < 1.29 is 0 Å². The molecule has 0 radical (unpaired) electrons. The van der Waals surface area contributed by atoms with E-state index in [0.717, 1.165) is 29.8 Å². The van der Waals surface area contributed by atoms with Crippen molar-refractivity contribution in [2.75, 3.05) is 6.54 Å².